The van der Waals surface area contributed by atoms with Crippen molar-refractivity contribution in [2.45, 2.75) is 39.7 Å². The quantitative estimate of drug-likeness (QED) is 0.552. The van der Waals surface area contributed by atoms with Gasteiger partial charge >= 0.3 is 0 Å². The first-order valence-corrected chi connectivity index (χ1v) is 6.85. The molecule has 100 valence electrons. The monoisotopic (exact) mass is 247 g/mol. The minimum absolute atomic E-state index is 0.385. The predicted octanol–water partition coefficient (Wildman–Crippen LogP) is 4.09. The van der Waals surface area contributed by atoms with E-state index in [4.69, 9.17) is 4.74 Å². The molecule has 1 rings (SSSR count). The van der Waals surface area contributed by atoms with Gasteiger partial charge in [-0.05, 0) is 50.9 Å². The molecule has 1 unspecified atom stereocenters. The van der Waals surface area contributed by atoms with Gasteiger partial charge < -0.3 is 10.1 Å². The fraction of sp³-hybridized carbons (Fsp3) is 0.500. The molecule has 1 aromatic rings. The fourth-order valence-electron chi connectivity index (χ4n) is 1.74. The minimum Gasteiger partial charge on any atom is -0.494 e. The molecule has 0 heterocycles. The van der Waals surface area contributed by atoms with Gasteiger partial charge in [-0.15, -0.1) is 0 Å². The number of allylic oxidation sites excluding steroid dienone is 1. The Balaban J connectivity index is 2.40. The molecule has 0 aliphatic carbocycles. The van der Waals surface area contributed by atoms with Crippen molar-refractivity contribution < 1.29 is 4.74 Å². The van der Waals surface area contributed by atoms with Crippen molar-refractivity contribution in [2.24, 2.45) is 0 Å². The van der Waals surface area contributed by atoms with Crippen LogP contribution in [0.4, 0.5) is 0 Å². The van der Waals surface area contributed by atoms with Crippen LogP contribution < -0.4 is 10.1 Å². The first-order valence-electron chi connectivity index (χ1n) is 6.85. The van der Waals surface area contributed by atoms with Gasteiger partial charge in [0.15, 0.2) is 0 Å². The van der Waals surface area contributed by atoms with Crippen LogP contribution in [-0.4, -0.2) is 13.2 Å². The molecular weight excluding hydrogens is 222 g/mol. The topological polar surface area (TPSA) is 21.3 Å². The van der Waals surface area contributed by atoms with Gasteiger partial charge in [-0.3, -0.25) is 0 Å². The van der Waals surface area contributed by atoms with E-state index in [-0.39, 0.29) is 0 Å². The van der Waals surface area contributed by atoms with E-state index in [1.54, 1.807) is 0 Å². The molecule has 2 nitrogen and oxygen atoms in total. The lowest BCUT2D eigenvalue weighted by Gasteiger charge is -2.14. The van der Waals surface area contributed by atoms with Crippen molar-refractivity contribution >= 4 is 0 Å². The summed E-state index contributed by atoms with van der Waals surface area (Å²) >= 11 is 0. The van der Waals surface area contributed by atoms with Crippen molar-refractivity contribution in [1.29, 1.82) is 0 Å². The Hall–Kier alpha value is -1.28. The van der Waals surface area contributed by atoms with E-state index in [0.717, 1.165) is 31.7 Å². The van der Waals surface area contributed by atoms with Crippen LogP contribution >= 0.6 is 0 Å². The molecule has 2 heteroatoms. The molecule has 0 fully saturated rings. The van der Waals surface area contributed by atoms with Gasteiger partial charge in [0.1, 0.15) is 5.75 Å². The van der Waals surface area contributed by atoms with Gasteiger partial charge in [-0.1, -0.05) is 31.2 Å². The fourth-order valence-corrected chi connectivity index (χ4v) is 1.74. The summed E-state index contributed by atoms with van der Waals surface area (Å²) in [5.41, 5.74) is 1.30. The summed E-state index contributed by atoms with van der Waals surface area (Å²) in [5.74, 6) is 0.960. The van der Waals surface area contributed by atoms with Crippen LogP contribution in [0.15, 0.2) is 36.4 Å². The molecule has 0 saturated heterocycles. The second kappa shape index (κ2) is 8.76. The zero-order valence-corrected chi connectivity index (χ0v) is 11.8. The van der Waals surface area contributed by atoms with E-state index in [0.29, 0.717) is 6.04 Å². The largest absolute Gasteiger partial charge is 0.494 e. The minimum atomic E-state index is 0.385. The Morgan fingerprint density at radius 3 is 2.61 bits per heavy atom. The number of rotatable bonds is 8. The maximum atomic E-state index is 5.57. The molecule has 0 saturated carbocycles. The number of hydrogen-bond acceptors (Lipinski definition) is 2. The average Bonchev–Trinajstić information content (AvgIpc) is 2.41. The van der Waals surface area contributed by atoms with Crippen LogP contribution in [-0.2, 0) is 0 Å². The van der Waals surface area contributed by atoms with Gasteiger partial charge in [0.25, 0.3) is 0 Å². The third-order valence-electron chi connectivity index (χ3n) is 2.85. The lowest BCUT2D eigenvalue weighted by molar-refractivity contribution is 0.317. The standard InChI is InChI=1S/C16H25NO/c1-4-6-7-12-17-14(3)15-8-10-16(11-9-15)18-13-5-2/h4,6,8-11,14,17H,5,7,12-13H2,1-3H3/b6-4+. The highest BCUT2D eigenvalue weighted by Gasteiger charge is 2.03. The van der Waals surface area contributed by atoms with Crippen molar-refractivity contribution in [2.75, 3.05) is 13.2 Å². The van der Waals surface area contributed by atoms with Crippen LogP contribution in [0.25, 0.3) is 0 Å². The van der Waals surface area contributed by atoms with Crippen molar-refractivity contribution in [3.8, 4) is 5.75 Å². The van der Waals surface area contributed by atoms with Gasteiger partial charge in [-0.2, -0.15) is 0 Å². The third kappa shape index (κ3) is 5.37. The molecule has 0 bridgehead atoms. The lowest BCUT2D eigenvalue weighted by Crippen LogP contribution is -2.19. The van der Waals surface area contributed by atoms with Crippen LogP contribution in [0, 0.1) is 0 Å². The average molecular weight is 247 g/mol. The Morgan fingerprint density at radius 1 is 1.28 bits per heavy atom. The molecule has 0 aliphatic rings. The van der Waals surface area contributed by atoms with Crippen molar-refractivity contribution in [3.63, 3.8) is 0 Å². The zero-order chi connectivity index (χ0) is 13.2. The first kappa shape index (κ1) is 14.8. The van der Waals surface area contributed by atoms with Crippen LogP contribution in [0.2, 0.25) is 0 Å². The Labute approximate surface area is 111 Å². The molecular formula is C16H25NO. The number of ether oxygens (including phenoxy) is 1. The smallest absolute Gasteiger partial charge is 0.119 e. The second-order valence-corrected chi connectivity index (χ2v) is 4.45. The Kier molecular flexibility index (Phi) is 7.19. The lowest BCUT2D eigenvalue weighted by atomic mass is 10.1. The van der Waals surface area contributed by atoms with E-state index in [2.05, 4.69) is 62.5 Å². The Morgan fingerprint density at radius 2 is 2.00 bits per heavy atom. The summed E-state index contributed by atoms with van der Waals surface area (Å²) in [4.78, 5) is 0. The molecule has 1 atom stereocenters. The highest BCUT2D eigenvalue weighted by molar-refractivity contribution is 5.28. The van der Waals surface area contributed by atoms with E-state index < -0.39 is 0 Å². The van der Waals surface area contributed by atoms with Crippen molar-refractivity contribution in [3.05, 3.63) is 42.0 Å². The number of hydrogen-bond donors (Lipinski definition) is 1. The summed E-state index contributed by atoms with van der Waals surface area (Å²) in [6, 6.07) is 8.76. The second-order valence-electron chi connectivity index (χ2n) is 4.45. The maximum absolute atomic E-state index is 5.57. The molecule has 0 spiro atoms. The highest BCUT2D eigenvalue weighted by Crippen LogP contribution is 2.17. The molecule has 0 aliphatic heterocycles. The molecule has 0 aromatic heterocycles. The maximum Gasteiger partial charge on any atom is 0.119 e. The molecule has 1 N–H and O–H groups in total. The predicted molar refractivity (Wildman–Crippen MR) is 78.1 cm³/mol. The summed E-state index contributed by atoms with van der Waals surface area (Å²) in [6.07, 6.45) is 6.40. The summed E-state index contributed by atoms with van der Waals surface area (Å²) in [6.45, 7) is 8.16. The first-order chi connectivity index (χ1) is 8.77. The SMILES string of the molecule is C/C=C/CCNC(C)c1ccc(OCCC)cc1. The third-order valence-corrected chi connectivity index (χ3v) is 2.85. The summed E-state index contributed by atoms with van der Waals surface area (Å²) < 4.78 is 5.57. The normalized spacial score (nSPS) is 12.8. The van der Waals surface area contributed by atoms with E-state index in [1.165, 1.54) is 5.56 Å². The van der Waals surface area contributed by atoms with Crippen LogP contribution in [0.3, 0.4) is 0 Å². The molecule has 1 aromatic carbocycles. The molecule has 0 radical (unpaired) electrons. The highest BCUT2D eigenvalue weighted by atomic mass is 16.5. The van der Waals surface area contributed by atoms with Gasteiger partial charge in [0.2, 0.25) is 0 Å². The Bertz CT molecular complexity index is 343. The van der Waals surface area contributed by atoms with E-state index in [9.17, 15) is 0 Å². The van der Waals surface area contributed by atoms with Crippen LogP contribution in [0.5, 0.6) is 5.75 Å². The zero-order valence-electron chi connectivity index (χ0n) is 11.8. The summed E-state index contributed by atoms with van der Waals surface area (Å²) in [7, 11) is 0. The van der Waals surface area contributed by atoms with Crippen LogP contribution in [0.1, 0.15) is 45.2 Å². The molecule has 18 heavy (non-hydrogen) atoms. The summed E-state index contributed by atoms with van der Waals surface area (Å²) in [5, 5.41) is 3.50. The number of benzene rings is 1. The molecule has 0 amide bonds. The number of nitrogens with one attached hydrogen (secondary N) is 1. The van der Waals surface area contributed by atoms with Crippen molar-refractivity contribution in [1.82, 2.24) is 5.32 Å². The van der Waals surface area contributed by atoms with E-state index >= 15 is 0 Å². The van der Waals surface area contributed by atoms with Gasteiger partial charge in [-0.25, -0.2) is 0 Å². The van der Waals surface area contributed by atoms with Gasteiger partial charge in [0, 0.05) is 6.04 Å². The van der Waals surface area contributed by atoms with E-state index in [1.807, 2.05) is 0 Å². The van der Waals surface area contributed by atoms with Gasteiger partial charge in [0.05, 0.1) is 6.61 Å².